The maximum atomic E-state index is 9.03. The Hall–Kier alpha value is -0.850. The lowest BCUT2D eigenvalue weighted by Crippen LogP contribution is -2.66. The van der Waals surface area contributed by atoms with Crippen LogP contribution >= 0.6 is 12.2 Å². The van der Waals surface area contributed by atoms with Crippen molar-refractivity contribution in [1.29, 1.82) is 0 Å². The van der Waals surface area contributed by atoms with Crippen molar-refractivity contribution in [3.8, 4) is 0 Å². The van der Waals surface area contributed by atoms with Gasteiger partial charge in [0, 0.05) is 6.20 Å². The lowest BCUT2D eigenvalue weighted by Gasteiger charge is -2.29. The Balaban J connectivity index is 2.79. The molecular formula is C4H8N4OS. The number of hydrogen-bond acceptors (Lipinski definition) is 5. The van der Waals surface area contributed by atoms with Gasteiger partial charge in [-0.15, -0.1) is 0 Å². The van der Waals surface area contributed by atoms with Crippen LogP contribution < -0.4 is 22.1 Å². The van der Waals surface area contributed by atoms with Crippen LogP contribution in [-0.4, -0.2) is 16.1 Å². The number of nitrogens with one attached hydrogen (secondary N) is 2. The lowest BCUT2D eigenvalue weighted by molar-refractivity contribution is 0.00802. The van der Waals surface area contributed by atoms with Crippen LogP contribution in [0.3, 0.4) is 0 Å². The normalized spacial score (nSPS) is 32.2. The van der Waals surface area contributed by atoms with E-state index < -0.39 is 5.97 Å². The van der Waals surface area contributed by atoms with Crippen molar-refractivity contribution in [3.05, 3.63) is 11.9 Å². The average Bonchev–Trinajstić information content (AvgIpc) is 1.79. The molecule has 7 N–H and O–H groups in total. The quantitative estimate of drug-likeness (QED) is 0.205. The second kappa shape index (κ2) is 2.08. The highest BCUT2D eigenvalue weighted by Crippen LogP contribution is 1.96. The van der Waals surface area contributed by atoms with Crippen LogP contribution in [-0.2, 0) is 0 Å². The van der Waals surface area contributed by atoms with Crippen molar-refractivity contribution in [2.45, 2.75) is 5.97 Å². The van der Waals surface area contributed by atoms with Gasteiger partial charge < -0.3 is 21.5 Å². The fraction of sp³-hybridized carbons (Fsp3) is 0.250. The molecule has 1 heterocycles. The monoisotopic (exact) mass is 160 g/mol. The fourth-order valence-electron chi connectivity index (χ4n) is 0.535. The van der Waals surface area contributed by atoms with Gasteiger partial charge in [0.2, 0.25) is 0 Å². The molecule has 0 saturated heterocycles. The van der Waals surface area contributed by atoms with Crippen molar-refractivity contribution in [3.63, 3.8) is 0 Å². The molecule has 0 amide bonds. The first-order valence-corrected chi connectivity index (χ1v) is 2.99. The van der Waals surface area contributed by atoms with E-state index in [0.29, 0.717) is 5.70 Å². The zero-order chi connectivity index (χ0) is 7.78. The maximum Gasteiger partial charge on any atom is 0.275 e. The first-order chi connectivity index (χ1) is 4.51. The van der Waals surface area contributed by atoms with E-state index in [1.165, 1.54) is 6.20 Å². The molecule has 0 fully saturated rings. The number of thiocarbonyl (C=S) groups is 1. The van der Waals surface area contributed by atoms with Crippen LogP contribution in [0.4, 0.5) is 0 Å². The molecular weight excluding hydrogens is 152 g/mol. The van der Waals surface area contributed by atoms with Gasteiger partial charge in [-0.1, -0.05) is 12.2 Å². The second-order valence-corrected chi connectivity index (χ2v) is 2.37. The number of hydrogen-bond donors (Lipinski definition) is 5. The van der Waals surface area contributed by atoms with Crippen LogP contribution in [0.2, 0.25) is 0 Å². The van der Waals surface area contributed by atoms with Gasteiger partial charge in [-0.2, -0.15) is 0 Å². The third-order valence-electron chi connectivity index (χ3n) is 1.01. The first kappa shape index (κ1) is 7.26. The minimum Gasteiger partial charge on any atom is -0.395 e. The molecule has 0 radical (unpaired) electrons. The molecule has 0 saturated carbocycles. The number of nitrogens with two attached hydrogens (primary N) is 2. The van der Waals surface area contributed by atoms with E-state index >= 15 is 0 Å². The third-order valence-corrected chi connectivity index (χ3v) is 1.35. The number of rotatable bonds is 0. The maximum absolute atomic E-state index is 9.03. The minimum atomic E-state index is -1.67. The Morgan fingerprint density at radius 2 is 2.30 bits per heavy atom. The van der Waals surface area contributed by atoms with Gasteiger partial charge in [-0.05, 0) is 0 Å². The lowest BCUT2D eigenvalue weighted by atomic mass is 10.4. The molecule has 1 unspecified atom stereocenters. The van der Waals surface area contributed by atoms with Crippen molar-refractivity contribution < 1.29 is 5.11 Å². The highest BCUT2D eigenvalue weighted by Gasteiger charge is 2.24. The highest BCUT2D eigenvalue weighted by atomic mass is 32.1. The molecule has 1 rings (SSSR count). The van der Waals surface area contributed by atoms with Gasteiger partial charge in [0.1, 0.15) is 4.99 Å². The fourth-order valence-corrected chi connectivity index (χ4v) is 0.749. The van der Waals surface area contributed by atoms with Gasteiger partial charge in [0.25, 0.3) is 5.97 Å². The van der Waals surface area contributed by atoms with E-state index in [-0.39, 0.29) is 4.99 Å². The first-order valence-electron chi connectivity index (χ1n) is 2.58. The molecule has 0 aromatic heterocycles. The summed E-state index contributed by atoms with van der Waals surface area (Å²) in [5, 5.41) is 13.8. The van der Waals surface area contributed by atoms with E-state index in [9.17, 15) is 0 Å². The van der Waals surface area contributed by atoms with Gasteiger partial charge in [-0.3, -0.25) is 5.73 Å². The molecule has 1 atom stereocenters. The molecule has 5 nitrogen and oxygen atoms in total. The summed E-state index contributed by atoms with van der Waals surface area (Å²) >= 11 is 4.69. The number of aliphatic hydroxyl groups is 1. The summed E-state index contributed by atoms with van der Waals surface area (Å²) in [4.78, 5) is 0.240. The zero-order valence-electron chi connectivity index (χ0n) is 5.09. The van der Waals surface area contributed by atoms with Crippen molar-refractivity contribution in [2.24, 2.45) is 11.5 Å². The highest BCUT2D eigenvalue weighted by molar-refractivity contribution is 7.80. The van der Waals surface area contributed by atoms with Gasteiger partial charge >= 0.3 is 0 Å². The molecule has 10 heavy (non-hydrogen) atoms. The summed E-state index contributed by atoms with van der Waals surface area (Å²) in [6.07, 6.45) is 1.35. The van der Waals surface area contributed by atoms with E-state index in [0.717, 1.165) is 0 Å². The average molecular weight is 160 g/mol. The Kier molecular flexibility index (Phi) is 1.51. The molecule has 0 aromatic carbocycles. The molecule has 0 bridgehead atoms. The summed E-state index contributed by atoms with van der Waals surface area (Å²) in [6, 6.07) is 0. The molecule has 0 aromatic rings. The molecule has 0 spiro atoms. The van der Waals surface area contributed by atoms with Crippen LogP contribution in [0, 0.1) is 0 Å². The van der Waals surface area contributed by atoms with E-state index in [4.69, 9.17) is 28.8 Å². The topological polar surface area (TPSA) is 96.3 Å². The van der Waals surface area contributed by atoms with E-state index in [1.807, 2.05) is 0 Å². The standard InChI is InChI=1S/C4H8N4OS/c5-2-1-7-4(6,9)8-3(2)10/h1,7,9H,5-6H2,(H,8,10). The predicted octanol–water partition coefficient (Wildman–Crippen LogP) is -2.13. The summed E-state index contributed by atoms with van der Waals surface area (Å²) in [5.74, 6) is -1.67. The Bertz CT molecular complexity index is 199. The largest absolute Gasteiger partial charge is 0.395 e. The van der Waals surface area contributed by atoms with Gasteiger partial charge in [0.15, 0.2) is 0 Å². The predicted molar refractivity (Wildman–Crippen MR) is 40.3 cm³/mol. The molecule has 1 aliphatic rings. The Labute approximate surface area is 63.1 Å². The molecule has 6 heteroatoms. The van der Waals surface area contributed by atoms with Crippen molar-refractivity contribution in [1.82, 2.24) is 10.6 Å². The van der Waals surface area contributed by atoms with E-state index in [2.05, 4.69) is 10.6 Å². The van der Waals surface area contributed by atoms with Gasteiger partial charge in [-0.25, -0.2) is 0 Å². The minimum absolute atomic E-state index is 0.240. The zero-order valence-corrected chi connectivity index (χ0v) is 5.90. The SMILES string of the molecule is NC1=CNC(N)(O)NC1=S. The molecule has 56 valence electrons. The smallest absolute Gasteiger partial charge is 0.275 e. The van der Waals surface area contributed by atoms with Crippen molar-refractivity contribution >= 4 is 17.2 Å². The van der Waals surface area contributed by atoms with Crippen molar-refractivity contribution in [2.75, 3.05) is 0 Å². The van der Waals surface area contributed by atoms with Crippen LogP contribution in [0.25, 0.3) is 0 Å². The molecule has 1 aliphatic heterocycles. The molecule has 0 aliphatic carbocycles. The van der Waals surface area contributed by atoms with Crippen LogP contribution in [0.5, 0.6) is 0 Å². The Morgan fingerprint density at radius 1 is 1.70 bits per heavy atom. The summed E-state index contributed by atoms with van der Waals surface area (Å²) in [5.41, 5.74) is 10.9. The van der Waals surface area contributed by atoms with Crippen LogP contribution in [0.1, 0.15) is 0 Å². The second-order valence-electron chi connectivity index (χ2n) is 1.96. The van der Waals surface area contributed by atoms with E-state index in [1.54, 1.807) is 0 Å². The summed E-state index contributed by atoms with van der Waals surface area (Å²) < 4.78 is 0. The van der Waals surface area contributed by atoms with Gasteiger partial charge in [0.05, 0.1) is 5.70 Å². The Morgan fingerprint density at radius 3 is 2.70 bits per heavy atom. The third kappa shape index (κ3) is 1.35. The summed E-state index contributed by atoms with van der Waals surface area (Å²) in [6.45, 7) is 0. The summed E-state index contributed by atoms with van der Waals surface area (Å²) in [7, 11) is 0. The van der Waals surface area contributed by atoms with Crippen LogP contribution in [0.15, 0.2) is 11.9 Å².